The molecule has 0 bridgehead atoms. The number of benzene rings is 1. The van der Waals surface area contributed by atoms with Crippen LogP contribution in [0.25, 0.3) is 0 Å². The molecule has 0 aliphatic carbocycles. The summed E-state index contributed by atoms with van der Waals surface area (Å²) in [4.78, 5) is 13.9. The molecular formula is C15H21ClF2N2O. The SMILES string of the molecule is CNCC1CCN(C(=O)CCc2cc(F)ccc2F)C1.Cl. The highest BCUT2D eigenvalue weighted by atomic mass is 35.5. The average molecular weight is 319 g/mol. The molecule has 0 aromatic heterocycles. The summed E-state index contributed by atoms with van der Waals surface area (Å²) in [5.74, 6) is -0.403. The summed E-state index contributed by atoms with van der Waals surface area (Å²) < 4.78 is 26.5. The molecule has 1 amide bonds. The third kappa shape index (κ3) is 4.93. The summed E-state index contributed by atoms with van der Waals surface area (Å²) in [6.45, 7) is 2.42. The molecule has 1 saturated heterocycles. The lowest BCUT2D eigenvalue weighted by molar-refractivity contribution is -0.130. The lowest BCUT2D eigenvalue weighted by Gasteiger charge is -2.16. The van der Waals surface area contributed by atoms with E-state index in [9.17, 15) is 13.6 Å². The van der Waals surface area contributed by atoms with E-state index >= 15 is 0 Å². The Morgan fingerprint density at radius 3 is 2.90 bits per heavy atom. The Bertz CT molecular complexity index is 485. The molecule has 1 aromatic carbocycles. The number of amides is 1. The van der Waals surface area contributed by atoms with Crippen LogP contribution >= 0.6 is 12.4 Å². The fraction of sp³-hybridized carbons (Fsp3) is 0.533. The zero-order valence-electron chi connectivity index (χ0n) is 12.1. The van der Waals surface area contributed by atoms with E-state index < -0.39 is 11.6 Å². The Morgan fingerprint density at radius 1 is 1.43 bits per heavy atom. The van der Waals surface area contributed by atoms with Gasteiger partial charge in [0.25, 0.3) is 0 Å². The number of halogens is 3. The molecular weight excluding hydrogens is 298 g/mol. The maximum absolute atomic E-state index is 13.5. The van der Waals surface area contributed by atoms with E-state index in [0.29, 0.717) is 5.92 Å². The van der Waals surface area contributed by atoms with Crippen molar-refractivity contribution in [2.75, 3.05) is 26.7 Å². The van der Waals surface area contributed by atoms with Gasteiger partial charge < -0.3 is 10.2 Å². The number of likely N-dealkylation sites (tertiary alicyclic amines) is 1. The van der Waals surface area contributed by atoms with Crippen LogP contribution in [0.15, 0.2) is 18.2 Å². The maximum atomic E-state index is 13.5. The number of hydrogen-bond donors (Lipinski definition) is 1. The van der Waals surface area contributed by atoms with E-state index in [-0.39, 0.29) is 36.7 Å². The number of carbonyl (C=O) groups is 1. The highest BCUT2D eigenvalue weighted by molar-refractivity contribution is 5.85. The van der Waals surface area contributed by atoms with Gasteiger partial charge in [0.2, 0.25) is 5.91 Å². The van der Waals surface area contributed by atoms with Crippen molar-refractivity contribution in [2.45, 2.75) is 19.3 Å². The highest BCUT2D eigenvalue weighted by Gasteiger charge is 2.25. The van der Waals surface area contributed by atoms with Gasteiger partial charge in [0.05, 0.1) is 0 Å². The van der Waals surface area contributed by atoms with Crippen molar-refractivity contribution < 1.29 is 13.6 Å². The summed E-state index contributed by atoms with van der Waals surface area (Å²) in [5, 5.41) is 3.11. The molecule has 6 heteroatoms. The van der Waals surface area contributed by atoms with Crippen molar-refractivity contribution >= 4 is 18.3 Å². The van der Waals surface area contributed by atoms with Crippen LogP contribution in [0.4, 0.5) is 8.78 Å². The molecule has 21 heavy (non-hydrogen) atoms. The molecule has 3 nitrogen and oxygen atoms in total. The molecule has 1 N–H and O–H groups in total. The van der Waals surface area contributed by atoms with Gasteiger partial charge in [-0.2, -0.15) is 0 Å². The van der Waals surface area contributed by atoms with Gasteiger partial charge in [-0.15, -0.1) is 12.4 Å². The minimum absolute atomic E-state index is 0. The van der Waals surface area contributed by atoms with Crippen LogP contribution in [0.1, 0.15) is 18.4 Å². The lowest BCUT2D eigenvalue weighted by Crippen LogP contribution is -2.30. The normalized spacial score (nSPS) is 17.7. The van der Waals surface area contributed by atoms with Gasteiger partial charge in [-0.3, -0.25) is 4.79 Å². The van der Waals surface area contributed by atoms with Crippen LogP contribution < -0.4 is 5.32 Å². The fourth-order valence-electron chi connectivity index (χ4n) is 2.65. The van der Waals surface area contributed by atoms with E-state index in [2.05, 4.69) is 5.32 Å². The van der Waals surface area contributed by atoms with Crippen molar-refractivity contribution in [1.82, 2.24) is 10.2 Å². The summed E-state index contributed by atoms with van der Waals surface area (Å²) >= 11 is 0. The molecule has 2 rings (SSSR count). The third-order valence-electron chi connectivity index (χ3n) is 3.75. The predicted octanol–water partition coefficient (Wildman–Crippen LogP) is 2.39. The van der Waals surface area contributed by atoms with Gasteiger partial charge in [0.1, 0.15) is 11.6 Å². The van der Waals surface area contributed by atoms with Gasteiger partial charge in [-0.1, -0.05) is 0 Å². The number of hydrogen-bond acceptors (Lipinski definition) is 2. The van der Waals surface area contributed by atoms with E-state index in [1.165, 1.54) is 0 Å². The van der Waals surface area contributed by atoms with Crippen molar-refractivity contribution in [3.63, 3.8) is 0 Å². The average Bonchev–Trinajstić information content (AvgIpc) is 2.88. The molecule has 1 aliphatic heterocycles. The van der Waals surface area contributed by atoms with E-state index in [0.717, 1.165) is 44.3 Å². The Labute approximate surface area is 130 Å². The largest absolute Gasteiger partial charge is 0.342 e. The van der Waals surface area contributed by atoms with Crippen LogP contribution in [-0.2, 0) is 11.2 Å². The first-order valence-electron chi connectivity index (χ1n) is 6.96. The standard InChI is InChI=1S/C15H20F2N2O.ClH/c1-18-9-11-6-7-19(10-11)15(20)5-2-12-8-13(16)3-4-14(12)17;/h3-4,8,11,18H,2,5-7,9-10H2,1H3;1H. The van der Waals surface area contributed by atoms with E-state index in [4.69, 9.17) is 0 Å². The van der Waals surface area contributed by atoms with Gasteiger partial charge in [-0.25, -0.2) is 8.78 Å². The highest BCUT2D eigenvalue weighted by Crippen LogP contribution is 2.18. The molecule has 0 saturated carbocycles. The van der Waals surface area contributed by atoms with Crippen molar-refractivity contribution in [2.24, 2.45) is 5.92 Å². The number of carbonyl (C=O) groups excluding carboxylic acids is 1. The Hall–Kier alpha value is -1.20. The summed E-state index contributed by atoms with van der Waals surface area (Å²) in [7, 11) is 1.90. The number of rotatable bonds is 5. The Balaban J connectivity index is 0.00000220. The first-order chi connectivity index (χ1) is 9.60. The van der Waals surface area contributed by atoms with E-state index in [1.807, 2.05) is 11.9 Å². The molecule has 1 heterocycles. The van der Waals surface area contributed by atoms with Crippen LogP contribution in [0.2, 0.25) is 0 Å². The monoisotopic (exact) mass is 318 g/mol. The van der Waals surface area contributed by atoms with Crippen molar-refractivity contribution in [3.8, 4) is 0 Å². The second kappa shape index (κ2) is 8.29. The molecule has 1 atom stereocenters. The summed E-state index contributed by atoms with van der Waals surface area (Å²) in [6, 6.07) is 3.35. The van der Waals surface area contributed by atoms with Crippen LogP contribution in [0, 0.1) is 17.6 Å². The number of nitrogens with zero attached hydrogens (tertiary/aromatic N) is 1. The van der Waals surface area contributed by atoms with Crippen LogP contribution in [0.5, 0.6) is 0 Å². The van der Waals surface area contributed by atoms with Crippen molar-refractivity contribution in [1.29, 1.82) is 0 Å². The second-order valence-electron chi connectivity index (χ2n) is 5.29. The van der Waals surface area contributed by atoms with Crippen LogP contribution in [0.3, 0.4) is 0 Å². The van der Waals surface area contributed by atoms with E-state index in [1.54, 1.807) is 0 Å². The first kappa shape index (κ1) is 17.9. The molecule has 1 aromatic rings. The minimum atomic E-state index is -0.468. The third-order valence-corrected chi connectivity index (χ3v) is 3.75. The topological polar surface area (TPSA) is 32.3 Å². The fourth-order valence-corrected chi connectivity index (χ4v) is 2.65. The zero-order chi connectivity index (χ0) is 14.5. The molecule has 1 unspecified atom stereocenters. The predicted molar refractivity (Wildman–Crippen MR) is 80.5 cm³/mol. The molecule has 1 fully saturated rings. The smallest absolute Gasteiger partial charge is 0.222 e. The second-order valence-corrected chi connectivity index (χ2v) is 5.29. The van der Waals surface area contributed by atoms with Gasteiger partial charge >= 0.3 is 0 Å². The quantitative estimate of drug-likeness (QED) is 0.904. The molecule has 118 valence electrons. The van der Waals surface area contributed by atoms with Crippen molar-refractivity contribution in [3.05, 3.63) is 35.4 Å². The van der Waals surface area contributed by atoms with Gasteiger partial charge in [0, 0.05) is 19.5 Å². The summed E-state index contributed by atoms with van der Waals surface area (Å²) in [6.07, 6.45) is 1.48. The first-order valence-corrected chi connectivity index (χ1v) is 6.96. The van der Waals surface area contributed by atoms with Gasteiger partial charge in [0.15, 0.2) is 0 Å². The maximum Gasteiger partial charge on any atom is 0.222 e. The van der Waals surface area contributed by atoms with Gasteiger partial charge in [-0.05, 0) is 56.1 Å². The zero-order valence-corrected chi connectivity index (χ0v) is 12.9. The minimum Gasteiger partial charge on any atom is -0.342 e. The summed E-state index contributed by atoms with van der Waals surface area (Å²) in [5.41, 5.74) is 0.268. The molecule has 1 aliphatic rings. The number of nitrogens with one attached hydrogen (secondary N) is 1. The lowest BCUT2D eigenvalue weighted by atomic mass is 10.1. The molecule has 0 spiro atoms. The Morgan fingerprint density at radius 2 is 2.19 bits per heavy atom. The Kier molecular flexibility index (Phi) is 7.05. The van der Waals surface area contributed by atoms with Crippen LogP contribution in [-0.4, -0.2) is 37.5 Å². The molecule has 0 radical (unpaired) electrons. The number of aryl methyl sites for hydroxylation is 1.